The highest BCUT2D eigenvalue weighted by Gasteiger charge is 2.37. The Kier molecular flexibility index (Phi) is 5.23. The Morgan fingerprint density at radius 1 is 0.636 bits per heavy atom. The molecule has 212 valence electrons. The molecule has 0 saturated carbocycles. The Bertz CT molecular complexity index is 2260. The predicted octanol–water partition coefficient (Wildman–Crippen LogP) is 10.3. The second-order valence-electron chi connectivity index (χ2n) is 12.8. The standard InChI is InChI=1S/C41H33N3/c1-41(2)32-18-9-7-16-30(32)38-33(41)21-23-36-39(38)31-17-8-10-19-35(31)44(36)29-15-11-14-27(24-29)28-20-22-34-37(25-28)43(3)40(42-34)26-12-5-4-6-13-26/h4-25,40,42H,1-3H3. The highest BCUT2D eigenvalue weighted by molar-refractivity contribution is 6.17. The minimum absolute atomic E-state index is 0.0294. The molecule has 2 aliphatic rings. The first-order valence-corrected chi connectivity index (χ1v) is 15.5. The van der Waals surface area contributed by atoms with Gasteiger partial charge in [-0.15, -0.1) is 0 Å². The molecular weight excluding hydrogens is 534 g/mol. The zero-order valence-electron chi connectivity index (χ0n) is 25.2. The van der Waals surface area contributed by atoms with Gasteiger partial charge in [-0.05, 0) is 75.3 Å². The Morgan fingerprint density at radius 2 is 1.41 bits per heavy atom. The van der Waals surface area contributed by atoms with Crippen molar-refractivity contribution in [3.05, 3.63) is 150 Å². The fraction of sp³-hybridized carbons (Fsp3) is 0.122. The quantitative estimate of drug-likeness (QED) is 0.229. The van der Waals surface area contributed by atoms with Gasteiger partial charge in [0, 0.05) is 28.9 Å². The molecule has 1 atom stereocenters. The third-order valence-electron chi connectivity index (χ3n) is 9.99. The van der Waals surface area contributed by atoms with E-state index in [1.165, 1.54) is 77.8 Å². The molecule has 7 aromatic rings. The van der Waals surface area contributed by atoms with Crippen molar-refractivity contribution in [1.82, 2.24) is 4.57 Å². The number of hydrogen-bond donors (Lipinski definition) is 1. The Hall–Kier alpha value is -5.28. The molecule has 3 nitrogen and oxygen atoms in total. The lowest BCUT2D eigenvalue weighted by atomic mass is 9.82. The van der Waals surface area contributed by atoms with E-state index in [0.29, 0.717) is 0 Å². The molecule has 9 rings (SSSR count). The van der Waals surface area contributed by atoms with Crippen LogP contribution in [0.15, 0.2) is 133 Å². The van der Waals surface area contributed by atoms with Crippen molar-refractivity contribution in [3.63, 3.8) is 0 Å². The van der Waals surface area contributed by atoms with Crippen molar-refractivity contribution in [2.24, 2.45) is 0 Å². The molecule has 1 unspecified atom stereocenters. The van der Waals surface area contributed by atoms with Gasteiger partial charge >= 0.3 is 0 Å². The van der Waals surface area contributed by atoms with Crippen LogP contribution >= 0.6 is 0 Å². The molecule has 0 radical (unpaired) electrons. The summed E-state index contributed by atoms with van der Waals surface area (Å²) in [6.45, 7) is 4.72. The fourth-order valence-corrected chi connectivity index (χ4v) is 7.81. The summed E-state index contributed by atoms with van der Waals surface area (Å²) in [6.07, 6.45) is 0.127. The molecule has 3 heteroatoms. The molecule has 1 aromatic heterocycles. The van der Waals surface area contributed by atoms with Gasteiger partial charge in [0.05, 0.1) is 22.4 Å². The van der Waals surface area contributed by atoms with Crippen LogP contribution in [0.1, 0.15) is 36.7 Å². The number of nitrogens with one attached hydrogen (secondary N) is 1. The Labute approximate surface area is 258 Å². The van der Waals surface area contributed by atoms with Crippen LogP contribution in [0.4, 0.5) is 11.4 Å². The third-order valence-corrected chi connectivity index (χ3v) is 9.99. The van der Waals surface area contributed by atoms with E-state index in [4.69, 9.17) is 0 Å². The van der Waals surface area contributed by atoms with Crippen molar-refractivity contribution < 1.29 is 0 Å². The summed E-state index contributed by atoms with van der Waals surface area (Å²) in [5.41, 5.74) is 15.3. The number of nitrogens with zero attached hydrogens (tertiary/aromatic N) is 2. The molecule has 0 amide bonds. The monoisotopic (exact) mass is 567 g/mol. The first-order chi connectivity index (χ1) is 21.5. The van der Waals surface area contributed by atoms with Gasteiger partial charge in [0.1, 0.15) is 6.17 Å². The van der Waals surface area contributed by atoms with Gasteiger partial charge in [-0.3, -0.25) is 0 Å². The van der Waals surface area contributed by atoms with Crippen LogP contribution in [0.25, 0.3) is 49.7 Å². The van der Waals surface area contributed by atoms with Gasteiger partial charge in [0.25, 0.3) is 0 Å². The van der Waals surface area contributed by atoms with Gasteiger partial charge in [0.15, 0.2) is 0 Å². The molecule has 0 saturated heterocycles. The second-order valence-corrected chi connectivity index (χ2v) is 12.8. The third kappa shape index (κ3) is 3.44. The van der Waals surface area contributed by atoms with E-state index in [2.05, 4.69) is 169 Å². The number of para-hydroxylation sites is 1. The van der Waals surface area contributed by atoms with E-state index in [1.54, 1.807) is 0 Å². The summed E-state index contributed by atoms with van der Waals surface area (Å²) in [4.78, 5) is 2.34. The van der Waals surface area contributed by atoms with Crippen LogP contribution < -0.4 is 10.2 Å². The smallest absolute Gasteiger partial charge is 0.125 e. The maximum absolute atomic E-state index is 3.71. The van der Waals surface area contributed by atoms with E-state index in [1.807, 2.05) is 0 Å². The molecule has 2 heterocycles. The number of aromatic nitrogens is 1. The average Bonchev–Trinajstić information content (AvgIpc) is 3.66. The SMILES string of the molecule is CN1c2cc(-c3cccc(-n4c5ccccc5c5c6c(ccc54)C(C)(C)c4ccccc4-6)c3)ccc2NC1c1ccccc1. The van der Waals surface area contributed by atoms with Crippen LogP contribution in [-0.2, 0) is 5.41 Å². The summed E-state index contributed by atoms with van der Waals surface area (Å²) >= 11 is 0. The lowest BCUT2D eigenvalue weighted by molar-refractivity contribution is 0.661. The van der Waals surface area contributed by atoms with E-state index < -0.39 is 0 Å². The number of fused-ring (bicyclic) bond motifs is 8. The largest absolute Gasteiger partial charge is 0.360 e. The van der Waals surface area contributed by atoms with Crippen molar-refractivity contribution in [3.8, 4) is 27.9 Å². The summed E-state index contributed by atoms with van der Waals surface area (Å²) in [5, 5.41) is 6.35. The van der Waals surface area contributed by atoms with Gasteiger partial charge in [0.2, 0.25) is 0 Å². The lowest BCUT2D eigenvalue weighted by Crippen LogP contribution is -2.23. The average molecular weight is 568 g/mol. The second kappa shape index (κ2) is 9.11. The fourth-order valence-electron chi connectivity index (χ4n) is 7.81. The summed E-state index contributed by atoms with van der Waals surface area (Å²) < 4.78 is 2.45. The summed E-state index contributed by atoms with van der Waals surface area (Å²) in [6, 6.07) is 49.0. The van der Waals surface area contributed by atoms with Crippen LogP contribution in [0, 0.1) is 0 Å². The number of hydrogen-bond acceptors (Lipinski definition) is 2. The molecule has 0 fully saturated rings. The van der Waals surface area contributed by atoms with Crippen molar-refractivity contribution in [2.45, 2.75) is 25.4 Å². The van der Waals surface area contributed by atoms with Crippen LogP contribution in [0.5, 0.6) is 0 Å². The van der Waals surface area contributed by atoms with Crippen molar-refractivity contribution in [2.75, 3.05) is 17.3 Å². The van der Waals surface area contributed by atoms with Crippen molar-refractivity contribution in [1.29, 1.82) is 0 Å². The molecule has 0 spiro atoms. The lowest BCUT2D eigenvalue weighted by Gasteiger charge is -2.22. The predicted molar refractivity (Wildman–Crippen MR) is 185 cm³/mol. The molecule has 1 aliphatic heterocycles. The Balaban J connectivity index is 1.20. The molecule has 44 heavy (non-hydrogen) atoms. The minimum Gasteiger partial charge on any atom is -0.360 e. The van der Waals surface area contributed by atoms with E-state index in [9.17, 15) is 0 Å². The minimum atomic E-state index is -0.0294. The van der Waals surface area contributed by atoms with E-state index in [-0.39, 0.29) is 11.6 Å². The zero-order valence-corrected chi connectivity index (χ0v) is 25.2. The maximum Gasteiger partial charge on any atom is 0.125 e. The van der Waals surface area contributed by atoms with Crippen LogP contribution in [0.2, 0.25) is 0 Å². The zero-order chi connectivity index (χ0) is 29.6. The summed E-state index contributed by atoms with van der Waals surface area (Å²) in [7, 11) is 2.17. The first kappa shape index (κ1) is 25.2. The summed E-state index contributed by atoms with van der Waals surface area (Å²) in [5.74, 6) is 0. The normalized spacial score (nSPS) is 16.2. The van der Waals surface area contributed by atoms with E-state index in [0.717, 1.165) is 0 Å². The molecule has 0 bridgehead atoms. The maximum atomic E-state index is 3.71. The highest BCUT2D eigenvalue weighted by Crippen LogP contribution is 2.53. The molecular formula is C41H33N3. The number of rotatable bonds is 3. The van der Waals surface area contributed by atoms with Gasteiger partial charge < -0.3 is 14.8 Å². The Morgan fingerprint density at radius 3 is 2.30 bits per heavy atom. The van der Waals surface area contributed by atoms with Gasteiger partial charge in [-0.2, -0.15) is 0 Å². The first-order valence-electron chi connectivity index (χ1n) is 15.5. The van der Waals surface area contributed by atoms with Gasteiger partial charge in [-0.1, -0.05) is 111 Å². The van der Waals surface area contributed by atoms with Gasteiger partial charge in [-0.25, -0.2) is 0 Å². The number of anilines is 2. The van der Waals surface area contributed by atoms with Crippen LogP contribution in [-0.4, -0.2) is 11.6 Å². The van der Waals surface area contributed by atoms with E-state index >= 15 is 0 Å². The molecule has 1 N–H and O–H groups in total. The molecule has 1 aliphatic carbocycles. The van der Waals surface area contributed by atoms with Crippen molar-refractivity contribution >= 4 is 33.2 Å². The number of benzene rings is 6. The topological polar surface area (TPSA) is 20.2 Å². The van der Waals surface area contributed by atoms with Crippen LogP contribution in [0.3, 0.4) is 0 Å². The molecule has 6 aromatic carbocycles. The highest BCUT2D eigenvalue weighted by atomic mass is 15.3.